The zero-order valence-electron chi connectivity index (χ0n) is 17.4. The summed E-state index contributed by atoms with van der Waals surface area (Å²) >= 11 is 0. The summed E-state index contributed by atoms with van der Waals surface area (Å²) in [5.74, 6) is 1.07. The molecule has 0 aliphatic carbocycles. The minimum Gasteiger partial charge on any atom is -0.331 e. The Morgan fingerprint density at radius 3 is 1.44 bits per heavy atom. The first-order valence-electron chi connectivity index (χ1n) is 9.09. The SMILES string of the molecule is Cc1c(C)c(C)c(-c2c(C)c(C)c(C)c3c2nc(C)n3C)c(C)c1C. The van der Waals surface area contributed by atoms with Gasteiger partial charge in [0.25, 0.3) is 0 Å². The average molecular weight is 335 g/mol. The van der Waals surface area contributed by atoms with E-state index in [-0.39, 0.29) is 0 Å². The van der Waals surface area contributed by atoms with E-state index in [1.807, 2.05) is 0 Å². The van der Waals surface area contributed by atoms with Crippen molar-refractivity contribution in [3.8, 4) is 11.1 Å². The van der Waals surface area contributed by atoms with Gasteiger partial charge in [-0.3, -0.25) is 0 Å². The van der Waals surface area contributed by atoms with Crippen LogP contribution in [-0.2, 0) is 7.05 Å². The molecule has 0 fully saturated rings. The molecule has 0 aliphatic rings. The van der Waals surface area contributed by atoms with Crippen LogP contribution < -0.4 is 0 Å². The van der Waals surface area contributed by atoms with Crippen LogP contribution in [0, 0.1) is 62.3 Å². The summed E-state index contributed by atoms with van der Waals surface area (Å²) in [7, 11) is 2.13. The normalized spacial score (nSPS) is 11.6. The van der Waals surface area contributed by atoms with E-state index in [9.17, 15) is 0 Å². The maximum atomic E-state index is 4.98. The van der Waals surface area contributed by atoms with Crippen LogP contribution in [0.15, 0.2) is 0 Å². The van der Waals surface area contributed by atoms with Crippen LogP contribution in [-0.4, -0.2) is 9.55 Å². The molecule has 0 saturated carbocycles. The first-order valence-corrected chi connectivity index (χ1v) is 9.09. The molecule has 132 valence electrons. The molecular weight excluding hydrogens is 304 g/mol. The Balaban J connectivity index is 2.61. The number of imidazole rings is 1. The highest BCUT2D eigenvalue weighted by molar-refractivity contribution is 5.99. The fraction of sp³-hybridized carbons (Fsp3) is 0.435. The molecule has 0 amide bonds. The van der Waals surface area contributed by atoms with E-state index >= 15 is 0 Å². The van der Waals surface area contributed by atoms with E-state index in [0.29, 0.717) is 0 Å². The van der Waals surface area contributed by atoms with Gasteiger partial charge in [0.1, 0.15) is 5.82 Å². The predicted octanol–water partition coefficient (Wildman–Crippen LogP) is 6.02. The van der Waals surface area contributed by atoms with Gasteiger partial charge in [-0.1, -0.05) is 0 Å². The quantitative estimate of drug-likeness (QED) is 0.532. The van der Waals surface area contributed by atoms with Crippen molar-refractivity contribution in [3.63, 3.8) is 0 Å². The lowest BCUT2D eigenvalue weighted by Crippen LogP contribution is -2.03. The van der Waals surface area contributed by atoms with Gasteiger partial charge >= 0.3 is 0 Å². The van der Waals surface area contributed by atoms with Gasteiger partial charge in [-0.2, -0.15) is 0 Å². The van der Waals surface area contributed by atoms with Crippen molar-refractivity contribution in [1.29, 1.82) is 0 Å². The fourth-order valence-corrected chi connectivity index (χ4v) is 4.22. The van der Waals surface area contributed by atoms with Crippen molar-refractivity contribution in [2.75, 3.05) is 0 Å². The molecule has 2 aromatic carbocycles. The highest BCUT2D eigenvalue weighted by atomic mass is 15.1. The van der Waals surface area contributed by atoms with E-state index in [1.165, 1.54) is 61.2 Å². The number of hydrogen-bond donors (Lipinski definition) is 0. The molecule has 0 bridgehead atoms. The molecule has 0 unspecified atom stereocenters. The lowest BCUT2D eigenvalue weighted by Gasteiger charge is -2.22. The monoisotopic (exact) mass is 334 g/mol. The lowest BCUT2D eigenvalue weighted by atomic mass is 9.83. The van der Waals surface area contributed by atoms with Crippen LogP contribution >= 0.6 is 0 Å². The molecular formula is C23H30N2. The molecule has 0 atom stereocenters. The minimum absolute atomic E-state index is 1.07. The van der Waals surface area contributed by atoms with Crippen molar-refractivity contribution in [1.82, 2.24) is 9.55 Å². The highest BCUT2D eigenvalue weighted by Gasteiger charge is 2.22. The fourth-order valence-electron chi connectivity index (χ4n) is 4.22. The van der Waals surface area contributed by atoms with Crippen molar-refractivity contribution < 1.29 is 0 Å². The Bertz CT molecular complexity index is 1000. The molecule has 25 heavy (non-hydrogen) atoms. The third kappa shape index (κ3) is 2.27. The van der Waals surface area contributed by atoms with Gasteiger partial charge in [0.2, 0.25) is 0 Å². The van der Waals surface area contributed by atoms with Gasteiger partial charge in [-0.05, 0) is 112 Å². The summed E-state index contributed by atoms with van der Waals surface area (Å²) in [5, 5.41) is 0. The van der Waals surface area contributed by atoms with E-state index < -0.39 is 0 Å². The maximum Gasteiger partial charge on any atom is 0.106 e. The molecule has 0 aliphatic heterocycles. The highest BCUT2D eigenvalue weighted by Crippen LogP contribution is 2.41. The third-order valence-corrected chi connectivity index (χ3v) is 6.66. The van der Waals surface area contributed by atoms with Gasteiger partial charge in [0.15, 0.2) is 0 Å². The minimum atomic E-state index is 1.07. The number of nitrogens with zero attached hydrogens (tertiary/aromatic N) is 2. The second-order valence-electron chi connectivity index (χ2n) is 7.67. The molecule has 3 rings (SSSR count). The number of hydrogen-bond acceptors (Lipinski definition) is 1. The standard InChI is InChI=1S/C23H30N2/c1-11-12(2)15(5)20(16(6)13(11)3)21-17(7)14(4)18(8)23-22(21)24-19(9)25(23)10/h1-10H3. The lowest BCUT2D eigenvalue weighted by molar-refractivity contribution is 0.882. The van der Waals surface area contributed by atoms with Crippen LogP contribution in [0.1, 0.15) is 50.3 Å². The van der Waals surface area contributed by atoms with Crippen molar-refractivity contribution >= 4 is 11.0 Å². The Hall–Kier alpha value is -2.09. The number of benzene rings is 2. The molecule has 0 saturated heterocycles. The first kappa shape index (κ1) is 17.7. The van der Waals surface area contributed by atoms with Crippen LogP contribution in [0.3, 0.4) is 0 Å². The molecule has 2 heteroatoms. The summed E-state index contributed by atoms with van der Waals surface area (Å²) in [6.07, 6.45) is 0. The first-order chi connectivity index (χ1) is 11.6. The van der Waals surface area contributed by atoms with E-state index in [1.54, 1.807) is 0 Å². The predicted molar refractivity (Wildman–Crippen MR) is 109 cm³/mol. The summed E-state index contributed by atoms with van der Waals surface area (Å²) in [6, 6.07) is 0. The summed E-state index contributed by atoms with van der Waals surface area (Å²) in [6.45, 7) is 20.1. The van der Waals surface area contributed by atoms with Gasteiger partial charge in [-0.25, -0.2) is 4.98 Å². The van der Waals surface area contributed by atoms with Gasteiger partial charge in [0, 0.05) is 12.6 Å². The number of aromatic nitrogens is 2. The van der Waals surface area contributed by atoms with Crippen LogP contribution in [0.5, 0.6) is 0 Å². The molecule has 3 aromatic rings. The Labute approximate surface area is 151 Å². The molecule has 2 nitrogen and oxygen atoms in total. The number of fused-ring (bicyclic) bond motifs is 1. The Kier molecular flexibility index (Phi) is 4.06. The average Bonchev–Trinajstić information content (AvgIpc) is 2.87. The van der Waals surface area contributed by atoms with E-state index in [0.717, 1.165) is 11.3 Å². The topological polar surface area (TPSA) is 17.8 Å². The number of aryl methyl sites for hydroxylation is 3. The molecule has 1 heterocycles. The third-order valence-electron chi connectivity index (χ3n) is 6.66. The van der Waals surface area contributed by atoms with Crippen molar-refractivity contribution in [2.24, 2.45) is 7.05 Å². The second kappa shape index (κ2) is 5.72. The van der Waals surface area contributed by atoms with Gasteiger partial charge in [0.05, 0.1) is 11.0 Å². The van der Waals surface area contributed by atoms with E-state index in [4.69, 9.17) is 4.98 Å². The molecule has 0 N–H and O–H groups in total. The summed E-state index contributed by atoms with van der Waals surface area (Å²) in [4.78, 5) is 4.98. The van der Waals surface area contributed by atoms with Crippen LogP contribution in [0.2, 0.25) is 0 Å². The largest absolute Gasteiger partial charge is 0.331 e. The smallest absolute Gasteiger partial charge is 0.106 e. The van der Waals surface area contributed by atoms with Crippen LogP contribution in [0.25, 0.3) is 22.2 Å². The van der Waals surface area contributed by atoms with Crippen LogP contribution in [0.4, 0.5) is 0 Å². The molecule has 0 spiro atoms. The van der Waals surface area contributed by atoms with Crippen molar-refractivity contribution in [3.05, 3.63) is 50.3 Å². The zero-order valence-corrected chi connectivity index (χ0v) is 17.4. The molecule has 0 radical (unpaired) electrons. The summed E-state index contributed by atoms with van der Waals surface area (Å²) in [5.41, 5.74) is 16.2. The second-order valence-corrected chi connectivity index (χ2v) is 7.67. The van der Waals surface area contributed by atoms with Gasteiger partial charge in [-0.15, -0.1) is 0 Å². The van der Waals surface area contributed by atoms with E-state index in [2.05, 4.69) is 73.9 Å². The Morgan fingerprint density at radius 2 is 0.920 bits per heavy atom. The van der Waals surface area contributed by atoms with Gasteiger partial charge < -0.3 is 4.57 Å². The number of rotatable bonds is 1. The Morgan fingerprint density at radius 1 is 0.520 bits per heavy atom. The maximum absolute atomic E-state index is 4.98. The zero-order chi connectivity index (χ0) is 18.8. The summed E-state index contributed by atoms with van der Waals surface area (Å²) < 4.78 is 2.24. The van der Waals surface area contributed by atoms with Crippen molar-refractivity contribution in [2.45, 2.75) is 62.3 Å². The molecule has 1 aromatic heterocycles.